The minimum absolute atomic E-state index is 0.00676. The molecular formula is C31H42O2. The van der Waals surface area contributed by atoms with Crippen LogP contribution in [0.4, 0.5) is 0 Å². The van der Waals surface area contributed by atoms with E-state index in [0.29, 0.717) is 0 Å². The summed E-state index contributed by atoms with van der Waals surface area (Å²) in [5.74, 6) is 0.0947. The zero-order valence-electron chi connectivity index (χ0n) is 21.8. The van der Waals surface area contributed by atoms with Crippen LogP contribution in [0.5, 0.6) is 0 Å². The second-order valence-electron chi connectivity index (χ2n) is 9.71. The van der Waals surface area contributed by atoms with Crippen molar-refractivity contribution < 1.29 is 9.90 Å². The third kappa shape index (κ3) is 11.1. The number of Topliss-reactive ketones (excluding diaryl/α,β-unsaturated/α-hetero) is 1. The SMILES string of the molecule is CC(=O)C(C)=CC=CC(C)=CC=CC=C(C)C=CC=C(C)C=CC1=C(C)CC(O)CC1(C)C. The maximum atomic E-state index is 11.2. The molecule has 1 aliphatic carbocycles. The lowest BCUT2D eigenvalue weighted by atomic mass is 9.71. The summed E-state index contributed by atoms with van der Waals surface area (Å²) in [7, 11) is 0. The number of ketones is 1. The van der Waals surface area contributed by atoms with Crippen LogP contribution in [0.15, 0.2) is 106 Å². The molecule has 1 unspecified atom stereocenters. The summed E-state index contributed by atoms with van der Waals surface area (Å²) >= 11 is 0. The lowest BCUT2D eigenvalue weighted by molar-refractivity contribution is -0.113. The first-order valence-corrected chi connectivity index (χ1v) is 11.7. The number of allylic oxidation sites excluding steroid dienone is 17. The van der Waals surface area contributed by atoms with Gasteiger partial charge in [0.25, 0.3) is 0 Å². The standard InChI is InChI=1S/C31H42O2/c1-23(13-9-10-14-24(2)17-12-18-26(4)28(6)32)15-11-16-25(3)19-20-30-27(5)21-29(33)22-31(30,7)8/h9-20,29,33H,21-22H2,1-8H3. The van der Waals surface area contributed by atoms with Crippen molar-refractivity contribution in [3.05, 3.63) is 106 Å². The van der Waals surface area contributed by atoms with E-state index >= 15 is 0 Å². The van der Waals surface area contributed by atoms with E-state index in [1.54, 1.807) is 6.92 Å². The molecule has 0 aliphatic heterocycles. The fourth-order valence-corrected chi connectivity index (χ4v) is 3.79. The monoisotopic (exact) mass is 446 g/mol. The van der Waals surface area contributed by atoms with E-state index in [9.17, 15) is 9.90 Å². The van der Waals surface area contributed by atoms with Crippen molar-refractivity contribution in [1.82, 2.24) is 0 Å². The summed E-state index contributed by atoms with van der Waals surface area (Å²) < 4.78 is 0. The average molecular weight is 447 g/mol. The minimum atomic E-state index is -0.226. The highest BCUT2D eigenvalue weighted by Crippen LogP contribution is 2.41. The average Bonchev–Trinajstić information content (AvgIpc) is 2.69. The zero-order chi connectivity index (χ0) is 25.0. The van der Waals surface area contributed by atoms with Gasteiger partial charge in [-0.3, -0.25) is 4.79 Å². The van der Waals surface area contributed by atoms with Crippen LogP contribution >= 0.6 is 0 Å². The van der Waals surface area contributed by atoms with E-state index in [2.05, 4.69) is 71.1 Å². The molecule has 0 heterocycles. The molecule has 0 aromatic rings. The second kappa shape index (κ2) is 13.7. The van der Waals surface area contributed by atoms with Crippen LogP contribution in [-0.4, -0.2) is 17.0 Å². The predicted molar refractivity (Wildman–Crippen MR) is 144 cm³/mol. The normalized spacial score (nSPS) is 21.4. The van der Waals surface area contributed by atoms with E-state index in [4.69, 9.17) is 0 Å². The molecule has 0 spiro atoms. The van der Waals surface area contributed by atoms with Gasteiger partial charge in [0.05, 0.1) is 6.10 Å². The Balaban J connectivity index is 2.68. The van der Waals surface area contributed by atoms with Crippen molar-refractivity contribution in [1.29, 1.82) is 0 Å². The number of hydrogen-bond donors (Lipinski definition) is 1. The van der Waals surface area contributed by atoms with Gasteiger partial charge in [-0.2, -0.15) is 0 Å². The topological polar surface area (TPSA) is 37.3 Å². The molecule has 0 saturated heterocycles. The van der Waals surface area contributed by atoms with Gasteiger partial charge in [-0.15, -0.1) is 0 Å². The molecule has 1 aliphatic rings. The van der Waals surface area contributed by atoms with Crippen LogP contribution in [0.25, 0.3) is 0 Å². The quantitative estimate of drug-likeness (QED) is 0.287. The number of aliphatic hydroxyl groups is 1. The number of hydrogen-bond acceptors (Lipinski definition) is 2. The predicted octanol–water partition coefficient (Wildman–Crippen LogP) is 8.08. The summed E-state index contributed by atoms with van der Waals surface area (Å²) in [4.78, 5) is 11.2. The Hall–Kier alpha value is -2.71. The fourth-order valence-electron chi connectivity index (χ4n) is 3.79. The van der Waals surface area contributed by atoms with Gasteiger partial charge in [-0.1, -0.05) is 109 Å². The van der Waals surface area contributed by atoms with Crippen LogP contribution in [-0.2, 0) is 4.79 Å². The van der Waals surface area contributed by atoms with Gasteiger partial charge in [0, 0.05) is 0 Å². The summed E-state index contributed by atoms with van der Waals surface area (Å²) in [6.45, 7) is 16.2. The van der Waals surface area contributed by atoms with E-state index in [0.717, 1.165) is 24.0 Å². The third-order valence-corrected chi connectivity index (χ3v) is 5.80. The molecule has 178 valence electrons. The molecule has 0 aromatic heterocycles. The first kappa shape index (κ1) is 28.3. The maximum Gasteiger partial charge on any atom is 0.155 e. The lowest BCUT2D eigenvalue weighted by Gasteiger charge is -2.35. The number of carbonyl (C=O) groups is 1. The zero-order valence-corrected chi connectivity index (χ0v) is 21.8. The fraction of sp³-hybridized carbons (Fsp3) is 0.387. The van der Waals surface area contributed by atoms with Crippen LogP contribution in [0.1, 0.15) is 68.2 Å². The maximum absolute atomic E-state index is 11.2. The molecule has 1 rings (SSSR count). The van der Waals surface area contributed by atoms with Gasteiger partial charge in [0.15, 0.2) is 5.78 Å². The van der Waals surface area contributed by atoms with E-state index in [1.807, 2.05) is 50.3 Å². The van der Waals surface area contributed by atoms with E-state index in [1.165, 1.54) is 22.3 Å². The number of rotatable bonds is 9. The van der Waals surface area contributed by atoms with Crippen molar-refractivity contribution in [2.75, 3.05) is 0 Å². The van der Waals surface area contributed by atoms with Gasteiger partial charge in [-0.05, 0) is 70.9 Å². The van der Waals surface area contributed by atoms with Gasteiger partial charge >= 0.3 is 0 Å². The Labute approximate surface area is 201 Å². The Morgan fingerprint density at radius 1 is 0.818 bits per heavy atom. The van der Waals surface area contributed by atoms with Gasteiger partial charge in [0.1, 0.15) is 0 Å². The lowest BCUT2D eigenvalue weighted by Crippen LogP contribution is -2.28. The van der Waals surface area contributed by atoms with Crippen molar-refractivity contribution in [3.8, 4) is 0 Å². The van der Waals surface area contributed by atoms with Crippen LogP contribution in [0.2, 0.25) is 0 Å². The van der Waals surface area contributed by atoms with Crippen molar-refractivity contribution >= 4 is 5.78 Å². The Kier molecular flexibility index (Phi) is 11.8. The smallest absolute Gasteiger partial charge is 0.155 e. The van der Waals surface area contributed by atoms with Crippen LogP contribution in [0, 0.1) is 5.41 Å². The van der Waals surface area contributed by atoms with Crippen LogP contribution in [0.3, 0.4) is 0 Å². The first-order valence-electron chi connectivity index (χ1n) is 11.7. The largest absolute Gasteiger partial charge is 0.393 e. The highest BCUT2D eigenvalue weighted by atomic mass is 16.3. The highest BCUT2D eigenvalue weighted by molar-refractivity contribution is 5.92. The van der Waals surface area contributed by atoms with Crippen LogP contribution < -0.4 is 0 Å². The highest BCUT2D eigenvalue weighted by Gasteiger charge is 2.31. The molecule has 0 radical (unpaired) electrons. The molecule has 1 atom stereocenters. The van der Waals surface area contributed by atoms with Crippen molar-refractivity contribution in [3.63, 3.8) is 0 Å². The molecule has 0 bridgehead atoms. The van der Waals surface area contributed by atoms with E-state index in [-0.39, 0.29) is 17.3 Å². The Morgan fingerprint density at radius 3 is 1.82 bits per heavy atom. The third-order valence-electron chi connectivity index (χ3n) is 5.80. The second-order valence-corrected chi connectivity index (χ2v) is 9.71. The molecule has 1 N–H and O–H groups in total. The van der Waals surface area contributed by atoms with E-state index < -0.39 is 0 Å². The first-order chi connectivity index (χ1) is 15.4. The molecule has 2 heteroatoms. The van der Waals surface area contributed by atoms with Crippen molar-refractivity contribution in [2.24, 2.45) is 5.41 Å². The Bertz CT molecular complexity index is 966. The molecule has 33 heavy (non-hydrogen) atoms. The molecule has 0 saturated carbocycles. The minimum Gasteiger partial charge on any atom is -0.393 e. The summed E-state index contributed by atoms with van der Waals surface area (Å²) in [6.07, 6.45) is 25.9. The Morgan fingerprint density at radius 2 is 1.30 bits per heavy atom. The molecular weight excluding hydrogens is 404 g/mol. The van der Waals surface area contributed by atoms with Crippen molar-refractivity contribution in [2.45, 2.75) is 74.3 Å². The summed E-state index contributed by atoms with van der Waals surface area (Å²) in [5, 5.41) is 10.0. The summed E-state index contributed by atoms with van der Waals surface area (Å²) in [6, 6.07) is 0. The molecule has 0 aromatic carbocycles. The van der Waals surface area contributed by atoms with Gasteiger partial charge in [0.2, 0.25) is 0 Å². The molecule has 0 fully saturated rings. The van der Waals surface area contributed by atoms with Gasteiger partial charge < -0.3 is 5.11 Å². The molecule has 0 amide bonds. The number of aliphatic hydroxyl groups excluding tert-OH is 1. The molecule has 2 nitrogen and oxygen atoms in total. The number of carbonyl (C=O) groups excluding carboxylic acids is 1. The van der Waals surface area contributed by atoms with Gasteiger partial charge in [-0.25, -0.2) is 0 Å². The summed E-state index contributed by atoms with van der Waals surface area (Å²) in [5.41, 5.74) is 6.86.